The summed E-state index contributed by atoms with van der Waals surface area (Å²) in [6, 6.07) is 7.87. The van der Waals surface area contributed by atoms with Gasteiger partial charge in [-0.05, 0) is 71.2 Å². The molecule has 9 nitrogen and oxygen atoms in total. The zero-order chi connectivity index (χ0) is 25.6. The number of aromatic hydroxyl groups is 1. The summed E-state index contributed by atoms with van der Waals surface area (Å²) in [7, 11) is 1.45. The first-order valence-corrected chi connectivity index (χ1v) is 12.6. The average molecular weight is 573 g/mol. The maximum absolute atomic E-state index is 13.7. The molecule has 1 N–H and O–H groups in total. The van der Waals surface area contributed by atoms with E-state index in [4.69, 9.17) is 18.9 Å². The van der Waals surface area contributed by atoms with Crippen LogP contribution in [0.15, 0.2) is 55.9 Å². The van der Waals surface area contributed by atoms with Gasteiger partial charge in [-0.1, -0.05) is 17.4 Å². The molecule has 0 fully saturated rings. The summed E-state index contributed by atoms with van der Waals surface area (Å²) in [5, 5.41) is 10.1. The van der Waals surface area contributed by atoms with E-state index in [2.05, 4.69) is 20.9 Å². The summed E-state index contributed by atoms with van der Waals surface area (Å²) in [4.78, 5) is 31.8. The molecule has 0 bridgehead atoms. The van der Waals surface area contributed by atoms with E-state index in [9.17, 15) is 14.7 Å². The number of esters is 1. The lowest BCUT2D eigenvalue weighted by Crippen LogP contribution is -2.39. The molecule has 0 aliphatic carbocycles. The molecular formula is C25H21BrN2O7S. The largest absolute Gasteiger partial charge is 0.503 e. The van der Waals surface area contributed by atoms with E-state index >= 15 is 0 Å². The quantitative estimate of drug-likeness (QED) is 0.468. The fourth-order valence-corrected chi connectivity index (χ4v) is 5.68. The highest BCUT2D eigenvalue weighted by atomic mass is 79.9. The first kappa shape index (κ1) is 24.1. The molecule has 2 aromatic carbocycles. The van der Waals surface area contributed by atoms with Crippen molar-refractivity contribution in [1.29, 1.82) is 0 Å². The zero-order valence-corrected chi connectivity index (χ0v) is 21.9. The second-order valence-corrected chi connectivity index (χ2v) is 9.83. The molecule has 0 radical (unpaired) electrons. The van der Waals surface area contributed by atoms with Gasteiger partial charge in [0.05, 0.1) is 40.0 Å². The Morgan fingerprint density at radius 2 is 2.08 bits per heavy atom. The van der Waals surface area contributed by atoms with Crippen LogP contribution in [0.5, 0.6) is 23.0 Å². The van der Waals surface area contributed by atoms with Crippen LogP contribution in [-0.4, -0.2) is 36.2 Å². The minimum absolute atomic E-state index is 0.0337. The number of carbonyl (C=O) groups excluding carboxylic acids is 1. The van der Waals surface area contributed by atoms with Crippen molar-refractivity contribution in [2.45, 2.75) is 19.9 Å². The summed E-state index contributed by atoms with van der Waals surface area (Å²) in [5.74, 6) is 0.823. The minimum atomic E-state index is -0.766. The average Bonchev–Trinajstić information content (AvgIpc) is 3.44. The van der Waals surface area contributed by atoms with Crippen LogP contribution >= 0.6 is 27.3 Å². The lowest BCUT2D eigenvalue weighted by molar-refractivity contribution is -0.139. The van der Waals surface area contributed by atoms with Crippen molar-refractivity contribution >= 4 is 39.3 Å². The molecule has 0 amide bonds. The third-order valence-corrected chi connectivity index (χ3v) is 7.39. The Bertz CT molecular complexity index is 1610. The van der Waals surface area contributed by atoms with Gasteiger partial charge in [0, 0.05) is 0 Å². The molecule has 186 valence electrons. The van der Waals surface area contributed by atoms with E-state index in [0.29, 0.717) is 42.1 Å². The van der Waals surface area contributed by atoms with Gasteiger partial charge >= 0.3 is 5.97 Å². The lowest BCUT2D eigenvalue weighted by atomic mass is 9.95. The molecule has 3 aromatic rings. The highest BCUT2D eigenvalue weighted by Gasteiger charge is 2.34. The second-order valence-electron chi connectivity index (χ2n) is 7.97. The summed E-state index contributed by atoms with van der Waals surface area (Å²) in [6.07, 6.45) is 1.69. The number of phenolic OH excluding ortho intramolecular Hbond substituents is 1. The number of allylic oxidation sites excluding steroid dienone is 1. The molecule has 0 saturated carbocycles. The maximum atomic E-state index is 13.7. The fraction of sp³-hybridized carbons (Fsp3) is 0.240. The zero-order valence-electron chi connectivity index (χ0n) is 19.5. The monoisotopic (exact) mass is 572 g/mol. The number of hydrogen-bond acceptors (Lipinski definition) is 9. The molecule has 1 atom stereocenters. The Balaban J connectivity index is 1.72. The van der Waals surface area contributed by atoms with Gasteiger partial charge in [0.25, 0.3) is 5.56 Å². The van der Waals surface area contributed by atoms with E-state index < -0.39 is 12.0 Å². The SMILES string of the molecule is CCOC(=O)C1=C(C)N=c2s/c(=C\c3cc(Br)c(O)c(OC)c3)c(=O)n2C1c1ccc2c(c1)OCO2. The third-order valence-electron chi connectivity index (χ3n) is 5.80. The Kier molecular flexibility index (Phi) is 6.35. The van der Waals surface area contributed by atoms with Crippen molar-refractivity contribution in [3.8, 4) is 23.0 Å². The van der Waals surface area contributed by atoms with Gasteiger partial charge in [0.2, 0.25) is 6.79 Å². The summed E-state index contributed by atoms with van der Waals surface area (Å²) < 4.78 is 23.9. The van der Waals surface area contributed by atoms with E-state index in [1.165, 1.54) is 23.0 Å². The van der Waals surface area contributed by atoms with Gasteiger partial charge in [-0.3, -0.25) is 9.36 Å². The summed E-state index contributed by atoms with van der Waals surface area (Å²) >= 11 is 4.51. The number of fused-ring (bicyclic) bond motifs is 2. The molecule has 36 heavy (non-hydrogen) atoms. The van der Waals surface area contributed by atoms with Crippen molar-refractivity contribution in [2.75, 3.05) is 20.5 Å². The number of carbonyl (C=O) groups is 1. The molecule has 11 heteroatoms. The Morgan fingerprint density at radius 1 is 1.31 bits per heavy atom. The fourth-order valence-electron chi connectivity index (χ4n) is 4.17. The van der Waals surface area contributed by atoms with Crippen LogP contribution in [0, 0.1) is 0 Å². The molecule has 3 heterocycles. The van der Waals surface area contributed by atoms with Crippen molar-refractivity contribution in [3.05, 3.63) is 76.9 Å². The van der Waals surface area contributed by atoms with E-state index in [-0.39, 0.29) is 36.0 Å². The number of halogens is 1. The smallest absolute Gasteiger partial charge is 0.338 e. The molecule has 0 spiro atoms. The third kappa shape index (κ3) is 4.07. The second kappa shape index (κ2) is 9.47. The number of aromatic nitrogens is 1. The van der Waals surface area contributed by atoms with Crippen molar-refractivity contribution in [3.63, 3.8) is 0 Å². The first-order valence-electron chi connectivity index (χ1n) is 11.0. The summed E-state index contributed by atoms with van der Waals surface area (Å²) in [5.41, 5.74) is 1.74. The molecular weight excluding hydrogens is 552 g/mol. The van der Waals surface area contributed by atoms with Crippen LogP contribution in [0.25, 0.3) is 6.08 Å². The Labute approximate surface area is 217 Å². The number of rotatable bonds is 5. The highest BCUT2D eigenvalue weighted by Crippen LogP contribution is 2.38. The van der Waals surface area contributed by atoms with Crippen molar-refractivity contribution in [1.82, 2.24) is 4.57 Å². The van der Waals surface area contributed by atoms with E-state index in [0.717, 1.165) is 0 Å². The molecule has 1 aromatic heterocycles. The molecule has 1 unspecified atom stereocenters. The number of thiazole rings is 1. The standard InChI is InChI=1S/C25H21BrN2O7S/c1-4-33-24(31)20-12(2)27-25-28(21(20)14-5-6-16-17(10-14)35-11-34-16)23(30)19(36-25)9-13-7-15(26)22(29)18(8-13)32-3/h5-10,21,29H,4,11H2,1-3H3/b19-9-. The molecule has 5 rings (SSSR count). The van der Waals surface area contributed by atoms with Crippen LogP contribution in [-0.2, 0) is 9.53 Å². The Hall–Kier alpha value is -3.57. The first-order chi connectivity index (χ1) is 17.3. The van der Waals surface area contributed by atoms with Crippen LogP contribution in [0.3, 0.4) is 0 Å². The minimum Gasteiger partial charge on any atom is -0.503 e. The van der Waals surface area contributed by atoms with E-state index in [1.807, 2.05) is 0 Å². The van der Waals surface area contributed by atoms with Gasteiger partial charge in [0.15, 0.2) is 27.8 Å². The van der Waals surface area contributed by atoms with E-state index in [1.54, 1.807) is 50.3 Å². The normalized spacial score (nSPS) is 16.6. The predicted octanol–water partition coefficient (Wildman–Crippen LogP) is 3.00. The van der Waals surface area contributed by atoms with Gasteiger partial charge in [0.1, 0.15) is 0 Å². The van der Waals surface area contributed by atoms with Crippen molar-refractivity contribution in [2.24, 2.45) is 4.99 Å². The predicted molar refractivity (Wildman–Crippen MR) is 135 cm³/mol. The van der Waals surface area contributed by atoms with Crippen LogP contribution in [0.2, 0.25) is 0 Å². The number of methoxy groups -OCH3 is 1. The van der Waals surface area contributed by atoms with Gasteiger partial charge in [-0.15, -0.1) is 0 Å². The van der Waals surface area contributed by atoms with Gasteiger partial charge in [-0.25, -0.2) is 9.79 Å². The number of benzene rings is 2. The topological polar surface area (TPSA) is 109 Å². The highest BCUT2D eigenvalue weighted by molar-refractivity contribution is 9.10. The van der Waals surface area contributed by atoms with Crippen LogP contribution < -0.4 is 29.1 Å². The number of phenols is 1. The number of ether oxygens (including phenoxy) is 4. The van der Waals surface area contributed by atoms with Crippen molar-refractivity contribution < 1.29 is 28.8 Å². The molecule has 0 saturated heterocycles. The number of nitrogens with zero attached hydrogens (tertiary/aromatic N) is 2. The van der Waals surface area contributed by atoms with Gasteiger partial charge in [-0.2, -0.15) is 0 Å². The summed E-state index contributed by atoms with van der Waals surface area (Å²) in [6.45, 7) is 3.74. The number of hydrogen-bond donors (Lipinski definition) is 1. The Morgan fingerprint density at radius 3 is 2.83 bits per heavy atom. The maximum Gasteiger partial charge on any atom is 0.338 e. The molecule has 2 aliphatic rings. The lowest BCUT2D eigenvalue weighted by Gasteiger charge is -2.24. The van der Waals surface area contributed by atoms with Crippen LogP contribution in [0.1, 0.15) is 31.0 Å². The van der Waals surface area contributed by atoms with Gasteiger partial charge < -0.3 is 24.1 Å². The molecule has 2 aliphatic heterocycles. The van der Waals surface area contributed by atoms with Crippen LogP contribution in [0.4, 0.5) is 0 Å².